The van der Waals surface area contributed by atoms with Gasteiger partial charge in [-0.15, -0.1) is 0 Å². The Labute approximate surface area is 91.3 Å². The van der Waals surface area contributed by atoms with Crippen molar-refractivity contribution in [3.05, 3.63) is 29.8 Å². The van der Waals surface area contributed by atoms with Crippen LogP contribution in [-0.4, -0.2) is 11.7 Å². The first-order valence-electron chi connectivity index (χ1n) is 5.73. The standard InChI is InChI=1S/C13H19NO/c1-2-13(7-8-13)10-14-9-11-3-5-12(15)6-4-11/h3-6,14-15H,2,7-10H2,1H3. The van der Waals surface area contributed by atoms with Crippen LogP contribution in [0.4, 0.5) is 0 Å². The number of hydrogen-bond acceptors (Lipinski definition) is 2. The van der Waals surface area contributed by atoms with Crippen molar-refractivity contribution in [1.29, 1.82) is 0 Å². The maximum atomic E-state index is 9.14. The second-order valence-electron chi connectivity index (χ2n) is 4.62. The van der Waals surface area contributed by atoms with Gasteiger partial charge in [-0.25, -0.2) is 0 Å². The third-order valence-corrected chi connectivity index (χ3v) is 3.47. The van der Waals surface area contributed by atoms with Crippen molar-refractivity contribution in [3.8, 4) is 5.75 Å². The number of aromatic hydroxyl groups is 1. The van der Waals surface area contributed by atoms with Gasteiger partial charge in [0.2, 0.25) is 0 Å². The Bertz CT molecular complexity index is 314. The van der Waals surface area contributed by atoms with E-state index in [4.69, 9.17) is 5.11 Å². The first-order chi connectivity index (χ1) is 7.24. The zero-order valence-electron chi connectivity index (χ0n) is 9.29. The van der Waals surface area contributed by atoms with Crippen molar-refractivity contribution in [3.63, 3.8) is 0 Å². The zero-order valence-corrected chi connectivity index (χ0v) is 9.29. The molecule has 0 radical (unpaired) electrons. The van der Waals surface area contributed by atoms with E-state index in [9.17, 15) is 0 Å². The fourth-order valence-corrected chi connectivity index (χ4v) is 1.92. The molecule has 82 valence electrons. The molecule has 1 aliphatic rings. The highest BCUT2D eigenvalue weighted by Gasteiger charge is 2.39. The van der Waals surface area contributed by atoms with E-state index in [0.29, 0.717) is 11.2 Å². The van der Waals surface area contributed by atoms with Crippen LogP contribution < -0.4 is 5.32 Å². The lowest BCUT2D eigenvalue weighted by molar-refractivity contribution is 0.443. The van der Waals surface area contributed by atoms with E-state index in [0.717, 1.165) is 13.1 Å². The molecule has 0 aliphatic heterocycles. The summed E-state index contributed by atoms with van der Waals surface area (Å²) in [5, 5.41) is 12.6. The van der Waals surface area contributed by atoms with Crippen LogP contribution in [-0.2, 0) is 6.54 Å². The van der Waals surface area contributed by atoms with E-state index in [2.05, 4.69) is 12.2 Å². The minimum absolute atomic E-state index is 0.339. The van der Waals surface area contributed by atoms with Crippen molar-refractivity contribution in [2.24, 2.45) is 5.41 Å². The van der Waals surface area contributed by atoms with Gasteiger partial charge in [0, 0.05) is 13.1 Å². The molecule has 2 heteroatoms. The average Bonchev–Trinajstić information content (AvgIpc) is 3.02. The summed E-state index contributed by atoms with van der Waals surface area (Å²) in [4.78, 5) is 0. The van der Waals surface area contributed by atoms with Gasteiger partial charge in [0.15, 0.2) is 0 Å². The number of hydrogen-bond donors (Lipinski definition) is 2. The molecule has 2 N–H and O–H groups in total. The highest BCUT2D eigenvalue weighted by Crippen LogP contribution is 2.47. The summed E-state index contributed by atoms with van der Waals surface area (Å²) in [5.74, 6) is 0.339. The number of nitrogens with one attached hydrogen (secondary N) is 1. The molecule has 1 aliphatic carbocycles. The van der Waals surface area contributed by atoms with Crippen molar-refractivity contribution in [1.82, 2.24) is 5.32 Å². The molecule has 0 unspecified atom stereocenters. The Balaban J connectivity index is 1.76. The Morgan fingerprint density at radius 1 is 1.27 bits per heavy atom. The molecule has 0 bridgehead atoms. The van der Waals surface area contributed by atoms with Crippen molar-refractivity contribution < 1.29 is 5.11 Å². The second kappa shape index (κ2) is 4.23. The maximum absolute atomic E-state index is 9.14. The molecule has 1 saturated carbocycles. The SMILES string of the molecule is CCC1(CNCc2ccc(O)cc2)CC1. The number of benzene rings is 1. The summed E-state index contributed by atoms with van der Waals surface area (Å²) in [6.45, 7) is 4.31. The highest BCUT2D eigenvalue weighted by molar-refractivity contribution is 5.25. The van der Waals surface area contributed by atoms with Crippen LogP contribution in [0.1, 0.15) is 31.7 Å². The lowest BCUT2D eigenvalue weighted by Gasteiger charge is -2.13. The topological polar surface area (TPSA) is 32.3 Å². The Kier molecular flexibility index (Phi) is 2.96. The summed E-state index contributed by atoms with van der Waals surface area (Å²) in [7, 11) is 0. The lowest BCUT2D eigenvalue weighted by atomic mass is 10.0. The van der Waals surface area contributed by atoms with E-state index >= 15 is 0 Å². The number of phenolic OH excluding ortho intramolecular Hbond substituents is 1. The molecular weight excluding hydrogens is 186 g/mol. The molecule has 1 fully saturated rings. The second-order valence-corrected chi connectivity index (χ2v) is 4.62. The van der Waals surface area contributed by atoms with Gasteiger partial charge in [0.1, 0.15) is 5.75 Å². The first kappa shape index (κ1) is 10.5. The molecule has 0 heterocycles. The van der Waals surface area contributed by atoms with E-state index in [1.165, 1.54) is 24.8 Å². The molecular formula is C13H19NO. The van der Waals surface area contributed by atoms with Gasteiger partial charge in [-0.3, -0.25) is 0 Å². The Hall–Kier alpha value is -1.02. The first-order valence-corrected chi connectivity index (χ1v) is 5.73. The highest BCUT2D eigenvalue weighted by atomic mass is 16.3. The van der Waals surface area contributed by atoms with Crippen molar-refractivity contribution >= 4 is 0 Å². The van der Waals surface area contributed by atoms with Crippen LogP contribution in [0.5, 0.6) is 5.75 Å². The van der Waals surface area contributed by atoms with Gasteiger partial charge in [-0.05, 0) is 42.4 Å². The average molecular weight is 205 g/mol. The summed E-state index contributed by atoms with van der Waals surface area (Å²) in [6, 6.07) is 7.41. The maximum Gasteiger partial charge on any atom is 0.115 e. The van der Waals surface area contributed by atoms with Crippen LogP contribution >= 0.6 is 0 Å². The predicted molar refractivity (Wildman–Crippen MR) is 61.8 cm³/mol. The van der Waals surface area contributed by atoms with Crippen LogP contribution in [0, 0.1) is 5.41 Å². The molecule has 15 heavy (non-hydrogen) atoms. The van der Waals surface area contributed by atoms with E-state index in [-0.39, 0.29) is 0 Å². The molecule has 0 amide bonds. The molecule has 0 spiro atoms. The monoisotopic (exact) mass is 205 g/mol. The Morgan fingerprint density at radius 2 is 1.93 bits per heavy atom. The minimum Gasteiger partial charge on any atom is -0.508 e. The Morgan fingerprint density at radius 3 is 2.47 bits per heavy atom. The summed E-state index contributed by atoms with van der Waals surface area (Å²) in [6.07, 6.45) is 4.05. The smallest absolute Gasteiger partial charge is 0.115 e. The fraction of sp³-hybridized carbons (Fsp3) is 0.538. The third kappa shape index (κ3) is 2.72. The molecule has 1 aromatic carbocycles. The van der Waals surface area contributed by atoms with Gasteiger partial charge >= 0.3 is 0 Å². The number of rotatable bonds is 5. The third-order valence-electron chi connectivity index (χ3n) is 3.47. The van der Waals surface area contributed by atoms with Crippen LogP contribution in [0.25, 0.3) is 0 Å². The largest absolute Gasteiger partial charge is 0.508 e. The quantitative estimate of drug-likeness (QED) is 0.774. The number of phenols is 1. The minimum atomic E-state index is 0.339. The molecule has 2 rings (SSSR count). The van der Waals surface area contributed by atoms with Gasteiger partial charge in [-0.1, -0.05) is 19.1 Å². The zero-order chi connectivity index (χ0) is 10.7. The van der Waals surface area contributed by atoms with Crippen LogP contribution in [0.2, 0.25) is 0 Å². The molecule has 2 nitrogen and oxygen atoms in total. The van der Waals surface area contributed by atoms with E-state index in [1.807, 2.05) is 12.1 Å². The van der Waals surface area contributed by atoms with Gasteiger partial charge in [-0.2, -0.15) is 0 Å². The van der Waals surface area contributed by atoms with Gasteiger partial charge in [0.05, 0.1) is 0 Å². The predicted octanol–water partition coefficient (Wildman–Crippen LogP) is 2.67. The van der Waals surface area contributed by atoms with Crippen LogP contribution in [0.3, 0.4) is 0 Å². The normalized spacial score (nSPS) is 17.7. The van der Waals surface area contributed by atoms with E-state index in [1.54, 1.807) is 12.1 Å². The summed E-state index contributed by atoms with van der Waals surface area (Å²) < 4.78 is 0. The molecule has 0 atom stereocenters. The molecule has 0 aromatic heterocycles. The molecule has 0 saturated heterocycles. The lowest BCUT2D eigenvalue weighted by Crippen LogP contribution is -2.22. The van der Waals surface area contributed by atoms with E-state index < -0.39 is 0 Å². The van der Waals surface area contributed by atoms with Crippen molar-refractivity contribution in [2.75, 3.05) is 6.54 Å². The van der Waals surface area contributed by atoms with Crippen LogP contribution in [0.15, 0.2) is 24.3 Å². The van der Waals surface area contributed by atoms with Gasteiger partial charge < -0.3 is 10.4 Å². The van der Waals surface area contributed by atoms with Crippen molar-refractivity contribution in [2.45, 2.75) is 32.7 Å². The summed E-state index contributed by atoms with van der Waals surface area (Å²) in [5.41, 5.74) is 1.84. The fourth-order valence-electron chi connectivity index (χ4n) is 1.92. The van der Waals surface area contributed by atoms with Gasteiger partial charge in [0.25, 0.3) is 0 Å². The summed E-state index contributed by atoms with van der Waals surface area (Å²) >= 11 is 0. The molecule has 1 aromatic rings.